The highest BCUT2D eigenvalue weighted by molar-refractivity contribution is 7.13. The van der Waals surface area contributed by atoms with E-state index in [4.69, 9.17) is 0 Å². The van der Waals surface area contributed by atoms with Gasteiger partial charge in [0, 0.05) is 12.0 Å². The molecule has 1 heterocycles. The van der Waals surface area contributed by atoms with Crippen molar-refractivity contribution in [3.8, 4) is 0 Å². The molecule has 0 radical (unpaired) electrons. The fourth-order valence-electron chi connectivity index (χ4n) is 2.68. The molecule has 0 saturated carbocycles. The number of benzene rings is 1. The van der Waals surface area contributed by atoms with Gasteiger partial charge in [-0.1, -0.05) is 30.4 Å². The second-order valence-electron chi connectivity index (χ2n) is 5.90. The number of aryl methyl sites for hydroxylation is 1. The second-order valence-corrected chi connectivity index (χ2v) is 7.10. The van der Waals surface area contributed by atoms with Crippen molar-refractivity contribution in [2.45, 2.75) is 25.9 Å². The molecule has 3 rings (SSSR count). The van der Waals surface area contributed by atoms with Gasteiger partial charge in [0.05, 0.1) is 16.3 Å². The van der Waals surface area contributed by atoms with Crippen LogP contribution in [-0.4, -0.2) is 16.6 Å². The van der Waals surface area contributed by atoms with Crippen LogP contribution in [0.5, 0.6) is 0 Å². The summed E-state index contributed by atoms with van der Waals surface area (Å²) in [6.07, 6.45) is -2.09. The van der Waals surface area contributed by atoms with Gasteiger partial charge in [-0.2, -0.15) is 13.2 Å². The summed E-state index contributed by atoms with van der Waals surface area (Å²) in [4.78, 5) is 19.9. The molecule has 0 bridgehead atoms. The Morgan fingerprint density at radius 1 is 1.21 bits per heavy atom. The summed E-state index contributed by atoms with van der Waals surface area (Å²) < 4.78 is 64.4. The van der Waals surface area contributed by atoms with Crippen molar-refractivity contribution in [3.05, 3.63) is 69.2 Å². The van der Waals surface area contributed by atoms with Gasteiger partial charge in [-0.3, -0.25) is 4.79 Å². The normalized spacial score (nSPS) is 16.0. The summed E-state index contributed by atoms with van der Waals surface area (Å²) in [6.45, 7) is 1.51. The van der Waals surface area contributed by atoms with Crippen LogP contribution in [0.25, 0.3) is 5.57 Å². The number of rotatable bonds is 3. The summed E-state index contributed by atoms with van der Waals surface area (Å²) in [7, 11) is 0. The van der Waals surface area contributed by atoms with Crippen molar-refractivity contribution in [1.29, 1.82) is 0 Å². The summed E-state index contributed by atoms with van der Waals surface area (Å²) in [5.74, 6) is -0.844. The number of nitrogens with zero attached hydrogens (tertiary/aromatic N) is 2. The lowest BCUT2D eigenvalue weighted by atomic mass is 9.94. The van der Waals surface area contributed by atoms with Crippen molar-refractivity contribution in [2.24, 2.45) is 4.99 Å². The van der Waals surface area contributed by atoms with E-state index in [-0.39, 0.29) is 11.3 Å². The zero-order chi connectivity index (χ0) is 20.5. The van der Waals surface area contributed by atoms with Gasteiger partial charge in [-0.05, 0) is 24.6 Å². The molecule has 1 aliphatic carbocycles. The quantitative estimate of drug-likeness (QED) is 0.578. The summed E-state index contributed by atoms with van der Waals surface area (Å²) in [5.41, 5.74) is -0.204. The van der Waals surface area contributed by atoms with Crippen molar-refractivity contribution < 1.29 is 26.7 Å². The summed E-state index contributed by atoms with van der Waals surface area (Å²) in [6, 6.07) is 4.45. The molecule has 9 heteroatoms. The number of hydrogen-bond acceptors (Lipinski definition) is 3. The van der Waals surface area contributed by atoms with Crippen LogP contribution in [0.1, 0.15) is 44.3 Å². The predicted octanol–water partition coefficient (Wildman–Crippen LogP) is 6.03. The number of halogens is 5. The van der Waals surface area contributed by atoms with E-state index in [0.717, 1.165) is 23.5 Å². The molecule has 2 aromatic rings. The maximum absolute atomic E-state index is 13.1. The molecular formula is C19H13F5N2OS. The van der Waals surface area contributed by atoms with Crippen LogP contribution in [0.3, 0.4) is 0 Å². The molecule has 0 spiro atoms. The standard InChI is InChI=1S/C19H13F5N2OS/c1-10-25-15(17(20)21)16(28-10)18(27)26-14-5-3-2-4-13(14)11-6-8-12(9-7-11)19(22,23)24/h2-4,6-9,17H,5H2,1H3. The molecule has 0 fully saturated rings. The molecule has 0 unspecified atom stereocenters. The number of carbonyl (C=O) groups excluding carboxylic acids is 1. The maximum Gasteiger partial charge on any atom is 0.416 e. The third-order valence-corrected chi connectivity index (χ3v) is 4.92. The Balaban J connectivity index is 1.94. The van der Waals surface area contributed by atoms with Gasteiger partial charge in [0.2, 0.25) is 0 Å². The van der Waals surface area contributed by atoms with E-state index in [1.54, 1.807) is 18.2 Å². The van der Waals surface area contributed by atoms with Gasteiger partial charge in [-0.25, -0.2) is 18.8 Å². The number of carbonyl (C=O) groups is 1. The van der Waals surface area contributed by atoms with Crippen molar-refractivity contribution in [3.63, 3.8) is 0 Å². The first-order valence-electron chi connectivity index (χ1n) is 8.09. The zero-order valence-corrected chi connectivity index (χ0v) is 15.2. The maximum atomic E-state index is 13.1. The monoisotopic (exact) mass is 412 g/mol. The van der Waals surface area contributed by atoms with Gasteiger partial charge in [0.1, 0.15) is 10.6 Å². The Morgan fingerprint density at radius 3 is 2.50 bits per heavy atom. The fraction of sp³-hybridized carbons (Fsp3) is 0.211. The van der Waals surface area contributed by atoms with Crippen LogP contribution in [0.4, 0.5) is 22.0 Å². The first-order chi connectivity index (χ1) is 13.2. The number of aliphatic imine (C=N–C) groups is 1. The number of hydrogen-bond donors (Lipinski definition) is 0. The molecule has 28 heavy (non-hydrogen) atoms. The zero-order valence-electron chi connectivity index (χ0n) is 14.4. The van der Waals surface area contributed by atoms with E-state index in [0.29, 0.717) is 21.9 Å². The molecule has 0 atom stereocenters. The first-order valence-corrected chi connectivity index (χ1v) is 8.90. The number of amides is 1. The number of thiazole rings is 1. The van der Waals surface area contributed by atoms with Crippen LogP contribution in [0.15, 0.2) is 47.5 Å². The van der Waals surface area contributed by atoms with Crippen molar-refractivity contribution in [2.75, 3.05) is 0 Å². The Bertz CT molecular complexity index is 985. The van der Waals surface area contributed by atoms with E-state index in [9.17, 15) is 26.7 Å². The average Bonchev–Trinajstić information content (AvgIpc) is 3.04. The van der Waals surface area contributed by atoms with Gasteiger partial charge < -0.3 is 0 Å². The van der Waals surface area contributed by atoms with Crippen LogP contribution in [0, 0.1) is 6.92 Å². The van der Waals surface area contributed by atoms with Crippen LogP contribution >= 0.6 is 11.3 Å². The van der Waals surface area contributed by atoms with Gasteiger partial charge >= 0.3 is 6.18 Å². The highest BCUT2D eigenvalue weighted by atomic mass is 32.1. The minimum absolute atomic E-state index is 0.235. The van der Waals surface area contributed by atoms with E-state index in [2.05, 4.69) is 9.98 Å². The van der Waals surface area contributed by atoms with Gasteiger partial charge in [0.25, 0.3) is 12.3 Å². The lowest BCUT2D eigenvalue weighted by molar-refractivity contribution is -0.137. The molecule has 0 saturated heterocycles. The Hall–Kier alpha value is -2.68. The first kappa shape index (κ1) is 20.1. The number of alkyl halides is 5. The fourth-order valence-corrected chi connectivity index (χ4v) is 3.49. The Labute approximate surface area is 160 Å². The number of aromatic nitrogens is 1. The molecule has 3 nitrogen and oxygen atoms in total. The van der Waals surface area contributed by atoms with E-state index in [1.807, 2.05) is 0 Å². The topological polar surface area (TPSA) is 42.3 Å². The lowest BCUT2D eigenvalue weighted by Crippen LogP contribution is -2.09. The SMILES string of the molecule is Cc1nc(C(F)F)c(C(=O)N=C2CC=CC=C2c2ccc(C(F)(F)F)cc2)s1. The largest absolute Gasteiger partial charge is 0.416 e. The van der Waals surface area contributed by atoms with Crippen LogP contribution in [0.2, 0.25) is 0 Å². The Kier molecular flexibility index (Phi) is 5.55. The molecule has 0 aliphatic heterocycles. The van der Waals surface area contributed by atoms with Crippen LogP contribution < -0.4 is 0 Å². The van der Waals surface area contributed by atoms with Crippen molar-refractivity contribution in [1.82, 2.24) is 4.98 Å². The molecular weight excluding hydrogens is 399 g/mol. The highest BCUT2D eigenvalue weighted by Gasteiger charge is 2.30. The lowest BCUT2D eigenvalue weighted by Gasteiger charge is -2.14. The third-order valence-electron chi connectivity index (χ3n) is 3.94. The van der Waals surface area contributed by atoms with E-state index >= 15 is 0 Å². The van der Waals surface area contributed by atoms with Crippen molar-refractivity contribution >= 4 is 28.5 Å². The molecule has 1 aliphatic rings. The third kappa shape index (κ3) is 4.24. The smallest absolute Gasteiger partial charge is 0.266 e. The summed E-state index contributed by atoms with van der Waals surface area (Å²) in [5, 5.41) is 0.320. The Morgan fingerprint density at radius 2 is 1.89 bits per heavy atom. The molecule has 0 N–H and O–H groups in total. The van der Waals surface area contributed by atoms with E-state index in [1.165, 1.54) is 19.1 Å². The minimum atomic E-state index is -4.46. The summed E-state index contributed by atoms with van der Waals surface area (Å²) >= 11 is 0.831. The minimum Gasteiger partial charge on any atom is -0.266 e. The predicted molar refractivity (Wildman–Crippen MR) is 96.8 cm³/mol. The van der Waals surface area contributed by atoms with E-state index < -0.39 is 29.8 Å². The van der Waals surface area contributed by atoms with Gasteiger partial charge in [-0.15, -0.1) is 11.3 Å². The average molecular weight is 412 g/mol. The highest BCUT2D eigenvalue weighted by Crippen LogP contribution is 2.32. The van der Waals surface area contributed by atoms with Crippen LogP contribution in [-0.2, 0) is 6.18 Å². The molecule has 1 aromatic heterocycles. The second kappa shape index (κ2) is 7.75. The van der Waals surface area contributed by atoms with Gasteiger partial charge in [0.15, 0.2) is 0 Å². The molecule has 146 valence electrons. The molecule has 1 amide bonds. The number of allylic oxidation sites excluding steroid dienone is 4. The molecule has 1 aromatic carbocycles.